The molecule has 1 aliphatic carbocycles. The Bertz CT molecular complexity index is 658. The lowest BCUT2D eigenvalue weighted by Gasteiger charge is -2.29. The van der Waals surface area contributed by atoms with Gasteiger partial charge in [0.25, 0.3) is 0 Å². The van der Waals surface area contributed by atoms with Gasteiger partial charge in [0.15, 0.2) is 0 Å². The summed E-state index contributed by atoms with van der Waals surface area (Å²) in [6.45, 7) is 2.00. The molecule has 2 atom stereocenters. The lowest BCUT2D eigenvalue weighted by molar-refractivity contribution is -0.109. The second-order valence-corrected chi connectivity index (χ2v) is 4.99. The predicted octanol–water partition coefficient (Wildman–Crippen LogP) is 2.97. The van der Waals surface area contributed by atoms with Gasteiger partial charge in [0.1, 0.15) is 12.6 Å². The van der Waals surface area contributed by atoms with E-state index in [-0.39, 0.29) is 11.8 Å². The Hall–Kier alpha value is -2.22. The van der Waals surface area contributed by atoms with Crippen LogP contribution in [0.5, 0.6) is 0 Å². The molecule has 0 fully saturated rings. The molecule has 19 heavy (non-hydrogen) atoms. The maximum Gasteiger partial charge on any atom is 0.131 e. The highest BCUT2D eigenvalue weighted by molar-refractivity contribution is 5.80. The number of hydrogen-bond donors (Lipinski definition) is 0. The number of aldehydes is 2. The Labute approximate surface area is 112 Å². The van der Waals surface area contributed by atoms with Crippen LogP contribution < -0.4 is 0 Å². The molecule has 0 aromatic heterocycles. The van der Waals surface area contributed by atoms with Gasteiger partial charge in [-0.25, -0.2) is 0 Å². The first-order valence-corrected chi connectivity index (χ1v) is 6.36. The van der Waals surface area contributed by atoms with Crippen LogP contribution in [-0.4, -0.2) is 12.6 Å². The summed E-state index contributed by atoms with van der Waals surface area (Å²) in [5, 5.41) is 0. The lowest BCUT2D eigenvalue weighted by Crippen LogP contribution is -2.20. The third kappa shape index (κ3) is 1.72. The van der Waals surface area contributed by atoms with Crippen LogP contribution in [-0.2, 0) is 9.59 Å². The molecular formula is C17H14O2. The third-order valence-corrected chi connectivity index (χ3v) is 3.85. The highest BCUT2D eigenvalue weighted by Crippen LogP contribution is 2.41. The van der Waals surface area contributed by atoms with Crippen molar-refractivity contribution in [3.05, 3.63) is 70.3 Å². The minimum Gasteiger partial charge on any atom is -0.302 e. The maximum absolute atomic E-state index is 11.5. The first-order valence-electron chi connectivity index (χ1n) is 6.36. The van der Waals surface area contributed by atoms with Crippen LogP contribution >= 0.6 is 0 Å². The third-order valence-electron chi connectivity index (χ3n) is 3.85. The van der Waals surface area contributed by atoms with Crippen molar-refractivity contribution in [2.24, 2.45) is 0 Å². The highest BCUT2D eigenvalue weighted by atomic mass is 16.1. The topological polar surface area (TPSA) is 34.1 Å². The average molecular weight is 250 g/mol. The molecular weight excluding hydrogens is 236 g/mol. The van der Waals surface area contributed by atoms with Crippen molar-refractivity contribution in [1.82, 2.24) is 0 Å². The fraction of sp³-hybridized carbons (Fsp3) is 0.176. The Kier molecular flexibility index (Phi) is 2.79. The van der Waals surface area contributed by atoms with E-state index in [0.717, 1.165) is 40.4 Å². The van der Waals surface area contributed by atoms with E-state index in [1.807, 2.05) is 49.4 Å². The van der Waals surface area contributed by atoms with E-state index in [4.69, 9.17) is 0 Å². The first kappa shape index (κ1) is 11.8. The van der Waals surface area contributed by atoms with E-state index in [9.17, 15) is 9.59 Å². The standard InChI is InChI=1S/C17H14O2/c1-11-6-7-14-15(8-11)17(10-19)13-5-3-2-4-12(13)16(14)9-18/h2-10,16-17H,1H3. The summed E-state index contributed by atoms with van der Waals surface area (Å²) in [5.74, 6) is -0.523. The monoisotopic (exact) mass is 250 g/mol. The smallest absolute Gasteiger partial charge is 0.131 e. The van der Waals surface area contributed by atoms with Crippen molar-refractivity contribution in [2.45, 2.75) is 18.8 Å². The van der Waals surface area contributed by atoms with Crippen molar-refractivity contribution in [3.8, 4) is 0 Å². The van der Waals surface area contributed by atoms with E-state index < -0.39 is 0 Å². The molecule has 0 bridgehead atoms. The van der Waals surface area contributed by atoms with Crippen molar-refractivity contribution in [2.75, 3.05) is 0 Å². The summed E-state index contributed by atoms with van der Waals surface area (Å²) in [7, 11) is 0. The predicted molar refractivity (Wildman–Crippen MR) is 73.4 cm³/mol. The molecule has 0 saturated heterocycles. The quantitative estimate of drug-likeness (QED) is 0.768. The SMILES string of the molecule is Cc1ccc2c(c1)C(C=O)c1ccccc1C2C=O. The largest absolute Gasteiger partial charge is 0.302 e. The van der Waals surface area contributed by atoms with Crippen LogP contribution in [0.25, 0.3) is 0 Å². The Balaban J connectivity index is 2.31. The van der Waals surface area contributed by atoms with Gasteiger partial charge >= 0.3 is 0 Å². The second kappa shape index (κ2) is 4.47. The first-order chi connectivity index (χ1) is 9.26. The molecule has 0 amide bonds. The van der Waals surface area contributed by atoms with Crippen molar-refractivity contribution < 1.29 is 9.59 Å². The average Bonchev–Trinajstić information content (AvgIpc) is 2.44. The fourth-order valence-electron chi connectivity index (χ4n) is 2.95. The van der Waals surface area contributed by atoms with Gasteiger partial charge in [-0.2, -0.15) is 0 Å². The maximum atomic E-state index is 11.5. The number of rotatable bonds is 2. The van der Waals surface area contributed by atoms with Crippen LogP contribution in [0, 0.1) is 6.92 Å². The highest BCUT2D eigenvalue weighted by Gasteiger charge is 2.31. The Morgan fingerprint density at radius 1 is 0.789 bits per heavy atom. The fourth-order valence-corrected chi connectivity index (χ4v) is 2.95. The summed E-state index contributed by atoms with van der Waals surface area (Å²) < 4.78 is 0. The van der Waals surface area contributed by atoms with Gasteiger partial charge in [-0.3, -0.25) is 0 Å². The molecule has 2 aromatic rings. The molecule has 0 heterocycles. The summed E-state index contributed by atoms with van der Waals surface area (Å²) in [6, 6.07) is 13.7. The Morgan fingerprint density at radius 2 is 1.32 bits per heavy atom. The molecule has 3 rings (SSSR count). The van der Waals surface area contributed by atoms with Crippen molar-refractivity contribution in [1.29, 1.82) is 0 Å². The van der Waals surface area contributed by atoms with Gasteiger partial charge in [0.2, 0.25) is 0 Å². The van der Waals surface area contributed by atoms with Crippen LogP contribution in [0.3, 0.4) is 0 Å². The number of hydrogen-bond acceptors (Lipinski definition) is 2. The van der Waals surface area contributed by atoms with Gasteiger partial charge in [0.05, 0.1) is 11.8 Å². The van der Waals surface area contributed by atoms with Crippen LogP contribution in [0.2, 0.25) is 0 Å². The number of carbonyl (C=O) groups excluding carboxylic acids is 2. The molecule has 0 spiro atoms. The molecule has 1 aliphatic rings. The van der Waals surface area contributed by atoms with Crippen LogP contribution in [0.15, 0.2) is 42.5 Å². The molecule has 0 saturated carbocycles. The summed E-state index contributed by atoms with van der Waals surface area (Å²) in [6.07, 6.45) is 1.94. The summed E-state index contributed by atoms with van der Waals surface area (Å²) >= 11 is 0. The number of aryl methyl sites for hydroxylation is 1. The molecule has 94 valence electrons. The van der Waals surface area contributed by atoms with E-state index in [2.05, 4.69) is 0 Å². The number of benzene rings is 2. The number of carbonyl (C=O) groups is 2. The van der Waals surface area contributed by atoms with Crippen LogP contribution in [0.4, 0.5) is 0 Å². The van der Waals surface area contributed by atoms with Gasteiger partial charge in [0, 0.05) is 0 Å². The normalized spacial score (nSPS) is 20.3. The van der Waals surface area contributed by atoms with E-state index in [1.165, 1.54) is 0 Å². The number of fused-ring (bicyclic) bond motifs is 2. The minimum absolute atomic E-state index is 0.261. The van der Waals surface area contributed by atoms with E-state index >= 15 is 0 Å². The van der Waals surface area contributed by atoms with Crippen molar-refractivity contribution >= 4 is 12.6 Å². The van der Waals surface area contributed by atoms with Gasteiger partial charge in [-0.15, -0.1) is 0 Å². The molecule has 0 N–H and O–H groups in total. The molecule has 0 aliphatic heterocycles. The zero-order valence-corrected chi connectivity index (χ0v) is 10.7. The molecule has 2 unspecified atom stereocenters. The second-order valence-electron chi connectivity index (χ2n) is 4.99. The summed E-state index contributed by atoms with van der Waals surface area (Å²) in [5.41, 5.74) is 4.93. The zero-order valence-electron chi connectivity index (χ0n) is 10.7. The lowest BCUT2D eigenvalue weighted by atomic mass is 9.73. The molecule has 0 radical (unpaired) electrons. The van der Waals surface area contributed by atoms with Gasteiger partial charge in [-0.1, -0.05) is 48.0 Å². The minimum atomic E-state index is -0.262. The van der Waals surface area contributed by atoms with Gasteiger partial charge < -0.3 is 9.59 Å². The van der Waals surface area contributed by atoms with E-state index in [0.29, 0.717) is 0 Å². The zero-order chi connectivity index (χ0) is 13.4. The van der Waals surface area contributed by atoms with Gasteiger partial charge in [-0.05, 0) is 29.2 Å². The Morgan fingerprint density at radius 3 is 1.89 bits per heavy atom. The van der Waals surface area contributed by atoms with Crippen LogP contribution in [0.1, 0.15) is 39.7 Å². The molecule has 2 nitrogen and oxygen atoms in total. The molecule has 2 aromatic carbocycles. The van der Waals surface area contributed by atoms with Crippen molar-refractivity contribution in [3.63, 3.8) is 0 Å². The molecule has 2 heteroatoms. The van der Waals surface area contributed by atoms with E-state index in [1.54, 1.807) is 0 Å². The summed E-state index contributed by atoms with van der Waals surface area (Å²) in [4.78, 5) is 23.0.